The lowest BCUT2D eigenvalue weighted by Crippen LogP contribution is -2.56. The van der Waals surface area contributed by atoms with Crippen LogP contribution in [-0.2, 0) is 14.4 Å². The first-order valence-corrected chi connectivity index (χ1v) is 13.7. The smallest absolute Gasteiger partial charge is 0.359 e. The first-order chi connectivity index (χ1) is 16.8. The van der Waals surface area contributed by atoms with Crippen LogP contribution in [0.5, 0.6) is 0 Å². The van der Waals surface area contributed by atoms with E-state index in [0.29, 0.717) is 19.4 Å². The van der Waals surface area contributed by atoms with Crippen LogP contribution in [-0.4, -0.2) is 77.0 Å². The Labute approximate surface area is 212 Å². The predicted octanol–water partition coefficient (Wildman–Crippen LogP) is 4.51. The molecule has 0 aromatic carbocycles. The van der Waals surface area contributed by atoms with Gasteiger partial charge in [0.05, 0.1) is 13.2 Å². The van der Waals surface area contributed by atoms with Crippen LogP contribution in [0.25, 0.3) is 0 Å². The quantitative estimate of drug-likeness (QED) is 0.0832. The summed E-state index contributed by atoms with van der Waals surface area (Å²) in [6, 6.07) is 0. The molecule has 0 aromatic rings. The molecule has 0 aliphatic carbocycles. The minimum Gasteiger partial charge on any atom is -0.477 e. The van der Waals surface area contributed by atoms with Crippen LogP contribution in [0.2, 0.25) is 0 Å². The van der Waals surface area contributed by atoms with Crippen molar-refractivity contribution in [3.05, 3.63) is 12.2 Å². The minimum absolute atomic E-state index is 0.0284. The van der Waals surface area contributed by atoms with Gasteiger partial charge < -0.3 is 25.1 Å². The summed E-state index contributed by atoms with van der Waals surface area (Å²) in [6.45, 7) is 1.92. The number of carboxylic acid groups (broad SMARTS) is 2. The number of nitrogens with one attached hydrogen (secondary N) is 1. The molecule has 0 heterocycles. The van der Waals surface area contributed by atoms with Crippen molar-refractivity contribution < 1.29 is 34.2 Å². The molecule has 0 saturated heterocycles. The third-order valence-electron chi connectivity index (χ3n) is 6.31. The SMILES string of the molecule is CCCCCCCC/C=C\CCCCCCCC(=O)NCCC[N+](CCO)(CC(=O)O)CC(=O)O. The number of hydrogen-bond donors (Lipinski definition) is 4. The van der Waals surface area contributed by atoms with Gasteiger partial charge in [0, 0.05) is 19.4 Å². The van der Waals surface area contributed by atoms with Gasteiger partial charge in [0.2, 0.25) is 5.91 Å². The molecule has 8 heteroatoms. The zero-order valence-corrected chi connectivity index (χ0v) is 22.0. The molecule has 35 heavy (non-hydrogen) atoms. The zero-order chi connectivity index (χ0) is 26.2. The van der Waals surface area contributed by atoms with E-state index >= 15 is 0 Å². The van der Waals surface area contributed by atoms with E-state index in [2.05, 4.69) is 24.4 Å². The van der Waals surface area contributed by atoms with Gasteiger partial charge in [0.15, 0.2) is 13.1 Å². The molecule has 0 atom stereocenters. The summed E-state index contributed by atoms with van der Waals surface area (Å²) in [7, 11) is 0. The maximum atomic E-state index is 12.0. The Kier molecular flexibility index (Phi) is 21.3. The number of allylic oxidation sites excluding steroid dienone is 2. The maximum absolute atomic E-state index is 12.0. The maximum Gasteiger partial charge on any atom is 0.359 e. The van der Waals surface area contributed by atoms with Gasteiger partial charge in [-0.15, -0.1) is 0 Å². The van der Waals surface area contributed by atoms with Crippen LogP contribution in [0.1, 0.15) is 103 Å². The Hall–Kier alpha value is -1.93. The Bertz CT molecular complexity index is 578. The number of aliphatic hydroxyl groups excluding tert-OH is 1. The molecule has 1 amide bonds. The number of carbonyl (C=O) groups is 3. The monoisotopic (exact) mass is 499 g/mol. The summed E-state index contributed by atoms with van der Waals surface area (Å²) in [6.07, 6.45) is 21.3. The highest BCUT2D eigenvalue weighted by molar-refractivity contribution is 5.75. The van der Waals surface area contributed by atoms with Gasteiger partial charge in [0.25, 0.3) is 0 Å². The predicted molar refractivity (Wildman–Crippen MR) is 139 cm³/mol. The van der Waals surface area contributed by atoms with Crippen molar-refractivity contribution in [3.8, 4) is 0 Å². The third kappa shape index (κ3) is 21.1. The lowest BCUT2D eigenvalue weighted by Gasteiger charge is -2.35. The molecule has 0 fully saturated rings. The highest BCUT2D eigenvalue weighted by Gasteiger charge is 2.32. The van der Waals surface area contributed by atoms with Crippen LogP contribution in [0.15, 0.2) is 12.2 Å². The van der Waals surface area contributed by atoms with Crippen molar-refractivity contribution in [3.63, 3.8) is 0 Å². The van der Waals surface area contributed by atoms with E-state index in [1.807, 2.05) is 0 Å². The lowest BCUT2D eigenvalue weighted by atomic mass is 10.1. The molecule has 0 aliphatic heterocycles. The Morgan fingerprint density at radius 2 is 1.23 bits per heavy atom. The topological polar surface area (TPSA) is 124 Å². The van der Waals surface area contributed by atoms with Crippen LogP contribution in [0.3, 0.4) is 0 Å². The molecule has 204 valence electrons. The number of aliphatic hydroxyl groups is 1. The average Bonchev–Trinajstić information content (AvgIpc) is 2.78. The summed E-state index contributed by atoms with van der Waals surface area (Å²) >= 11 is 0. The molecular weight excluding hydrogens is 448 g/mol. The fraction of sp³-hybridized carbons (Fsp3) is 0.815. The van der Waals surface area contributed by atoms with Gasteiger partial charge >= 0.3 is 11.9 Å². The average molecular weight is 500 g/mol. The molecule has 0 radical (unpaired) electrons. The summed E-state index contributed by atoms with van der Waals surface area (Å²) in [4.78, 5) is 34.4. The minimum atomic E-state index is -1.10. The Morgan fingerprint density at radius 3 is 1.74 bits per heavy atom. The van der Waals surface area contributed by atoms with Crippen LogP contribution >= 0.6 is 0 Å². The molecule has 0 aliphatic rings. The van der Waals surface area contributed by atoms with Gasteiger partial charge in [-0.3, -0.25) is 4.79 Å². The van der Waals surface area contributed by atoms with Gasteiger partial charge in [-0.05, 0) is 32.1 Å². The van der Waals surface area contributed by atoms with Gasteiger partial charge in [0.1, 0.15) is 6.54 Å². The van der Waals surface area contributed by atoms with E-state index in [0.717, 1.165) is 25.7 Å². The molecule has 0 aromatic heterocycles. The summed E-state index contributed by atoms with van der Waals surface area (Å²) in [5, 5.41) is 30.4. The molecule has 0 bridgehead atoms. The van der Waals surface area contributed by atoms with Gasteiger partial charge in [-0.1, -0.05) is 70.4 Å². The standard InChI is InChI=1S/C27H50N2O6/c1-2-3-4-5-6-7-8-9-10-11-12-13-14-15-16-18-25(31)28-19-17-20-29(21-22-30,23-26(32)33)24-27(34)35/h9-10,30H,2-8,11-24H2,1H3,(H2-,28,31,32,33,34,35)/p+1/b10-9-. The molecule has 0 spiro atoms. The molecule has 0 unspecified atom stereocenters. The van der Waals surface area contributed by atoms with Crippen LogP contribution in [0.4, 0.5) is 0 Å². The van der Waals surface area contributed by atoms with Gasteiger partial charge in [-0.25, -0.2) is 9.59 Å². The molecule has 0 rings (SSSR count). The number of nitrogens with zero attached hydrogens (tertiary/aromatic N) is 1. The van der Waals surface area contributed by atoms with E-state index in [-0.39, 0.29) is 43.2 Å². The summed E-state index contributed by atoms with van der Waals surface area (Å²) < 4.78 is -0.231. The highest BCUT2D eigenvalue weighted by atomic mass is 16.4. The second-order valence-corrected chi connectivity index (χ2v) is 9.65. The van der Waals surface area contributed by atoms with Crippen molar-refractivity contribution in [2.45, 2.75) is 103 Å². The van der Waals surface area contributed by atoms with E-state index in [1.54, 1.807) is 0 Å². The number of unbranched alkanes of at least 4 members (excludes halogenated alkanes) is 11. The van der Waals surface area contributed by atoms with Crippen molar-refractivity contribution in [1.82, 2.24) is 5.32 Å². The number of rotatable bonds is 25. The Balaban J connectivity index is 3.79. The molecular formula is C27H51N2O6+. The van der Waals surface area contributed by atoms with Crippen LogP contribution < -0.4 is 5.32 Å². The zero-order valence-electron chi connectivity index (χ0n) is 22.0. The summed E-state index contributed by atoms with van der Waals surface area (Å²) in [5.74, 6) is -2.24. The number of carboxylic acids is 2. The largest absolute Gasteiger partial charge is 0.477 e. The second-order valence-electron chi connectivity index (χ2n) is 9.65. The van der Waals surface area contributed by atoms with Gasteiger partial charge in [-0.2, -0.15) is 0 Å². The third-order valence-corrected chi connectivity index (χ3v) is 6.31. The van der Waals surface area contributed by atoms with E-state index < -0.39 is 11.9 Å². The summed E-state index contributed by atoms with van der Waals surface area (Å²) in [5.41, 5.74) is 0. The van der Waals surface area contributed by atoms with Crippen molar-refractivity contribution in [1.29, 1.82) is 0 Å². The Morgan fingerprint density at radius 1 is 0.714 bits per heavy atom. The number of hydrogen-bond acceptors (Lipinski definition) is 4. The molecule has 4 N–H and O–H groups in total. The van der Waals surface area contributed by atoms with E-state index in [9.17, 15) is 19.5 Å². The number of carbonyl (C=O) groups excluding carboxylic acids is 1. The number of aliphatic carboxylic acids is 2. The van der Waals surface area contributed by atoms with E-state index in [1.165, 1.54) is 57.8 Å². The number of quaternary nitrogens is 1. The molecule has 0 saturated carbocycles. The first-order valence-electron chi connectivity index (χ1n) is 13.7. The van der Waals surface area contributed by atoms with Crippen molar-refractivity contribution in [2.24, 2.45) is 0 Å². The normalized spacial score (nSPS) is 11.7. The van der Waals surface area contributed by atoms with Crippen molar-refractivity contribution in [2.75, 3.05) is 39.3 Å². The first kappa shape index (κ1) is 33.1. The molecule has 8 nitrogen and oxygen atoms in total. The van der Waals surface area contributed by atoms with Crippen LogP contribution in [0, 0.1) is 0 Å². The fourth-order valence-corrected chi connectivity index (χ4v) is 4.36. The highest BCUT2D eigenvalue weighted by Crippen LogP contribution is 2.11. The lowest BCUT2D eigenvalue weighted by molar-refractivity contribution is -0.914. The second kappa shape index (κ2) is 22.5. The van der Waals surface area contributed by atoms with E-state index in [4.69, 9.17) is 10.2 Å². The van der Waals surface area contributed by atoms with Crippen molar-refractivity contribution >= 4 is 17.8 Å². The number of amides is 1. The fourth-order valence-electron chi connectivity index (χ4n) is 4.36.